The Morgan fingerprint density at radius 3 is 2.72 bits per heavy atom. The molecule has 5 heteroatoms. The van der Waals surface area contributed by atoms with E-state index in [0.717, 1.165) is 5.56 Å². The number of para-hydroxylation sites is 1. The van der Waals surface area contributed by atoms with Crippen LogP contribution in [0.2, 0.25) is 5.15 Å². The molecule has 0 bridgehead atoms. The fourth-order valence-corrected chi connectivity index (χ4v) is 2.02. The molecule has 2 heterocycles. The van der Waals surface area contributed by atoms with Crippen LogP contribution in [0, 0.1) is 0 Å². The lowest BCUT2D eigenvalue weighted by atomic mass is 10.1. The first-order valence-corrected chi connectivity index (χ1v) is 5.89. The summed E-state index contributed by atoms with van der Waals surface area (Å²) >= 11 is 6.02. The monoisotopic (exact) mass is 259 g/mol. The van der Waals surface area contributed by atoms with Crippen LogP contribution in [0.3, 0.4) is 0 Å². The number of halogens is 1. The highest BCUT2D eigenvalue weighted by atomic mass is 35.5. The van der Waals surface area contributed by atoms with E-state index in [1.807, 2.05) is 24.3 Å². The summed E-state index contributed by atoms with van der Waals surface area (Å²) in [5.74, 6) is 0.882. The maximum absolute atomic E-state index is 9.71. The first kappa shape index (κ1) is 11.0. The van der Waals surface area contributed by atoms with Gasteiger partial charge in [-0.2, -0.15) is 0 Å². The molecule has 0 saturated carbocycles. The molecule has 4 nitrogen and oxygen atoms in total. The van der Waals surface area contributed by atoms with E-state index in [4.69, 9.17) is 11.6 Å². The smallest absolute Gasteiger partial charge is 0.157 e. The Labute approximate surface area is 108 Å². The van der Waals surface area contributed by atoms with Crippen LogP contribution >= 0.6 is 11.6 Å². The van der Waals surface area contributed by atoms with Crippen molar-refractivity contribution in [2.75, 3.05) is 0 Å². The summed E-state index contributed by atoms with van der Waals surface area (Å²) in [6.45, 7) is 0. The van der Waals surface area contributed by atoms with Gasteiger partial charge in [0.05, 0.1) is 0 Å². The fraction of sp³-hybridized carbons (Fsp3) is 0.0769. The number of phenolic OH excluding ortho intramolecular Hbond substituents is 1. The number of nitrogens with zero attached hydrogens (tertiary/aromatic N) is 3. The zero-order valence-electron chi connectivity index (χ0n) is 9.42. The van der Waals surface area contributed by atoms with Crippen molar-refractivity contribution in [1.29, 1.82) is 0 Å². The lowest BCUT2D eigenvalue weighted by Crippen LogP contribution is -1.93. The van der Waals surface area contributed by atoms with Gasteiger partial charge in [-0.05, 0) is 18.2 Å². The maximum Gasteiger partial charge on any atom is 0.157 e. The number of hydrogen-bond acceptors (Lipinski definition) is 3. The molecule has 3 aromatic rings. The van der Waals surface area contributed by atoms with Crippen LogP contribution in [0.15, 0.2) is 42.5 Å². The second-order valence-electron chi connectivity index (χ2n) is 3.95. The Morgan fingerprint density at radius 2 is 1.94 bits per heavy atom. The van der Waals surface area contributed by atoms with Crippen molar-refractivity contribution < 1.29 is 5.11 Å². The SMILES string of the molecule is Oc1ccccc1Cc1nc2cccc(Cl)n2n1. The van der Waals surface area contributed by atoms with Crippen molar-refractivity contribution in [3.63, 3.8) is 0 Å². The van der Waals surface area contributed by atoms with Crippen molar-refractivity contribution in [2.24, 2.45) is 0 Å². The zero-order chi connectivity index (χ0) is 12.5. The molecule has 1 N–H and O–H groups in total. The summed E-state index contributed by atoms with van der Waals surface area (Å²) in [6, 6.07) is 12.6. The van der Waals surface area contributed by atoms with Crippen molar-refractivity contribution in [2.45, 2.75) is 6.42 Å². The van der Waals surface area contributed by atoms with Crippen LogP contribution in [0.4, 0.5) is 0 Å². The molecule has 0 aliphatic heterocycles. The maximum atomic E-state index is 9.71. The molecule has 0 atom stereocenters. The van der Waals surface area contributed by atoms with Gasteiger partial charge in [0.25, 0.3) is 0 Å². The summed E-state index contributed by atoms with van der Waals surface area (Å²) in [6.07, 6.45) is 0.477. The highest BCUT2D eigenvalue weighted by molar-refractivity contribution is 6.29. The number of phenols is 1. The van der Waals surface area contributed by atoms with Gasteiger partial charge in [0.1, 0.15) is 10.9 Å². The average molecular weight is 260 g/mol. The molecule has 0 radical (unpaired) electrons. The standard InChI is InChI=1S/C13H10ClN3O/c14-11-6-3-7-13-15-12(16-17(11)13)8-9-4-1-2-5-10(9)18/h1-7,18H,8H2. The van der Waals surface area contributed by atoms with E-state index in [1.165, 1.54) is 0 Å². The Hall–Kier alpha value is -2.07. The second kappa shape index (κ2) is 4.31. The van der Waals surface area contributed by atoms with E-state index < -0.39 is 0 Å². The first-order chi connectivity index (χ1) is 8.74. The first-order valence-electron chi connectivity index (χ1n) is 5.51. The number of benzene rings is 1. The number of aromatic hydroxyl groups is 1. The van der Waals surface area contributed by atoms with Crippen LogP contribution in [0.1, 0.15) is 11.4 Å². The Morgan fingerprint density at radius 1 is 1.11 bits per heavy atom. The van der Waals surface area contributed by atoms with Gasteiger partial charge in [-0.25, -0.2) is 9.50 Å². The molecular formula is C13H10ClN3O. The van der Waals surface area contributed by atoms with Gasteiger partial charge in [-0.3, -0.25) is 0 Å². The zero-order valence-corrected chi connectivity index (χ0v) is 10.2. The summed E-state index contributed by atoms with van der Waals surface area (Å²) < 4.78 is 1.58. The van der Waals surface area contributed by atoms with Gasteiger partial charge in [-0.15, -0.1) is 5.10 Å². The van der Waals surface area contributed by atoms with E-state index in [0.29, 0.717) is 23.0 Å². The third-order valence-electron chi connectivity index (χ3n) is 2.70. The number of hydrogen-bond donors (Lipinski definition) is 1. The molecule has 2 aromatic heterocycles. The molecule has 0 unspecified atom stereocenters. The van der Waals surface area contributed by atoms with Crippen molar-refractivity contribution in [1.82, 2.24) is 14.6 Å². The quantitative estimate of drug-likeness (QED) is 0.720. The molecule has 0 amide bonds. The molecule has 0 aliphatic rings. The van der Waals surface area contributed by atoms with Gasteiger partial charge in [0, 0.05) is 12.0 Å². The Balaban J connectivity index is 2.01. The summed E-state index contributed by atoms with van der Waals surface area (Å²) in [4.78, 5) is 4.37. The van der Waals surface area contributed by atoms with Gasteiger partial charge in [-0.1, -0.05) is 35.9 Å². The van der Waals surface area contributed by atoms with Crippen LogP contribution in [0.25, 0.3) is 5.65 Å². The number of aromatic nitrogens is 3. The normalized spacial score (nSPS) is 10.9. The molecule has 18 heavy (non-hydrogen) atoms. The second-order valence-corrected chi connectivity index (χ2v) is 4.34. The minimum absolute atomic E-state index is 0.252. The number of fused-ring (bicyclic) bond motifs is 1. The highest BCUT2D eigenvalue weighted by Gasteiger charge is 2.08. The van der Waals surface area contributed by atoms with Crippen LogP contribution in [-0.4, -0.2) is 19.7 Å². The van der Waals surface area contributed by atoms with E-state index in [9.17, 15) is 5.11 Å². The molecule has 0 aliphatic carbocycles. The number of rotatable bonds is 2. The van der Waals surface area contributed by atoms with Crippen LogP contribution in [-0.2, 0) is 6.42 Å². The topological polar surface area (TPSA) is 50.4 Å². The Kier molecular flexibility index (Phi) is 2.64. The van der Waals surface area contributed by atoms with E-state index in [2.05, 4.69) is 10.1 Å². The minimum atomic E-state index is 0.252. The average Bonchev–Trinajstić information content (AvgIpc) is 2.76. The largest absolute Gasteiger partial charge is 0.508 e. The molecule has 1 aromatic carbocycles. The van der Waals surface area contributed by atoms with E-state index in [-0.39, 0.29) is 5.75 Å². The highest BCUT2D eigenvalue weighted by Crippen LogP contribution is 2.19. The molecule has 0 saturated heterocycles. The number of pyridine rings is 1. The lowest BCUT2D eigenvalue weighted by molar-refractivity contribution is 0.469. The molecule has 3 rings (SSSR count). The van der Waals surface area contributed by atoms with Gasteiger partial charge < -0.3 is 5.11 Å². The summed E-state index contributed by atoms with van der Waals surface area (Å²) in [5.41, 5.74) is 1.50. The van der Waals surface area contributed by atoms with Crippen molar-refractivity contribution in [3.8, 4) is 5.75 Å². The van der Waals surface area contributed by atoms with E-state index >= 15 is 0 Å². The van der Waals surface area contributed by atoms with Crippen molar-refractivity contribution >= 4 is 17.2 Å². The third-order valence-corrected chi connectivity index (χ3v) is 2.98. The van der Waals surface area contributed by atoms with Crippen LogP contribution < -0.4 is 0 Å². The summed E-state index contributed by atoms with van der Waals surface area (Å²) in [5, 5.41) is 14.5. The predicted molar refractivity (Wildman–Crippen MR) is 68.9 cm³/mol. The summed E-state index contributed by atoms with van der Waals surface area (Å²) in [7, 11) is 0. The van der Waals surface area contributed by atoms with E-state index in [1.54, 1.807) is 22.7 Å². The fourth-order valence-electron chi connectivity index (χ4n) is 1.82. The van der Waals surface area contributed by atoms with Gasteiger partial charge in [0.2, 0.25) is 0 Å². The molecule has 0 fully saturated rings. The predicted octanol–water partition coefficient (Wildman–Crippen LogP) is 2.68. The minimum Gasteiger partial charge on any atom is -0.508 e. The van der Waals surface area contributed by atoms with Crippen LogP contribution in [0.5, 0.6) is 5.75 Å². The van der Waals surface area contributed by atoms with Crippen molar-refractivity contribution in [3.05, 3.63) is 59.0 Å². The molecule has 0 spiro atoms. The van der Waals surface area contributed by atoms with Gasteiger partial charge >= 0.3 is 0 Å². The molecule has 90 valence electrons. The third kappa shape index (κ3) is 1.91. The Bertz CT molecular complexity index is 708. The lowest BCUT2D eigenvalue weighted by Gasteiger charge is -1.99. The van der Waals surface area contributed by atoms with Gasteiger partial charge in [0.15, 0.2) is 11.5 Å². The molecular weight excluding hydrogens is 250 g/mol.